The Labute approximate surface area is 201 Å². The summed E-state index contributed by atoms with van der Waals surface area (Å²) in [5.74, 6) is -1.27. The zero-order valence-electron chi connectivity index (χ0n) is 18.9. The van der Waals surface area contributed by atoms with E-state index in [2.05, 4.69) is 45.2 Å². The molecule has 2 aliphatic rings. The van der Waals surface area contributed by atoms with Crippen LogP contribution in [-0.4, -0.2) is 51.2 Å². The number of benzene rings is 2. The molecule has 0 aliphatic heterocycles. The molecule has 0 radical (unpaired) electrons. The molecule has 0 unspecified atom stereocenters. The van der Waals surface area contributed by atoms with E-state index in [9.17, 15) is 14.4 Å². The number of fused-ring (bicyclic) bond motifs is 3. The predicted octanol–water partition coefficient (Wildman–Crippen LogP) is 2.15. The van der Waals surface area contributed by atoms with E-state index in [0.717, 1.165) is 11.1 Å². The van der Waals surface area contributed by atoms with Crippen LogP contribution in [-0.2, 0) is 27.4 Å². The lowest BCUT2D eigenvalue weighted by Crippen LogP contribution is -2.30. The van der Waals surface area contributed by atoms with Crippen molar-refractivity contribution < 1.29 is 24.2 Å². The van der Waals surface area contributed by atoms with Crippen LogP contribution < -0.4 is 10.6 Å². The average Bonchev–Trinajstić information content (AvgIpc) is 3.39. The molecular formula is C25H25N5O5. The second kappa shape index (κ2) is 9.57. The van der Waals surface area contributed by atoms with Gasteiger partial charge in [0.25, 0.3) is 0 Å². The van der Waals surface area contributed by atoms with E-state index in [1.165, 1.54) is 22.0 Å². The number of hydrogen-bond donors (Lipinski definition) is 3. The van der Waals surface area contributed by atoms with E-state index in [1.54, 1.807) is 0 Å². The Kier molecular flexibility index (Phi) is 6.17. The average molecular weight is 476 g/mol. The molecule has 1 aromatic heterocycles. The summed E-state index contributed by atoms with van der Waals surface area (Å²) in [5, 5.41) is 21.9. The minimum atomic E-state index is -1.02. The SMILES string of the molecule is O=C(O)Cn1cc(CNC(=O)[C@H]2C[C@H]2CNC(=O)OCC2c3ccccc3-c3ccccc32)nn1. The monoisotopic (exact) mass is 475 g/mol. The zero-order chi connectivity index (χ0) is 24.4. The maximum atomic E-state index is 12.3. The Morgan fingerprint density at radius 3 is 2.40 bits per heavy atom. The first-order valence-corrected chi connectivity index (χ1v) is 11.5. The van der Waals surface area contributed by atoms with Gasteiger partial charge in [-0.25, -0.2) is 9.48 Å². The number of nitrogens with zero attached hydrogens (tertiary/aromatic N) is 3. The van der Waals surface area contributed by atoms with Crippen molar-refractivity contribution >= 4 is 18.0 Å². The van der Waals surface area contributed by atoms with Gasteiger partial charge in [0.1, 0.15) is 18.8 Å². The molecule has 3 N–H and O–H groups in total. The van der Waals surface area contributed by atoms with Crippen molar-refractivity contribution in [3.63, 3.8) is 0 Å². The molecule has 0 spiro atoms. The highest BCUT2D eigenvalue weighted by Gasteiger charge is 2.43. The van der Waals surface area contributed by atoms with E-state index in [4.69, 9.17) is 9.84 Å². The third-order valence-electron chi connectivity index (χ3n) is 6.44. The number of ether oxygens (including phenoxy) is 1. The summed E-state index contributed by atoms with van der Waals surface area (Å²) < 4.78 is 6.74. The van der Waals surface area contributed by atoms with E-state index >= 15 is 0 Å². The van der Waals surface area contributed by atoms with Crippen molar-refractivity contribution in [2.75, 3.05) is 13.2 Å². The maximum Gasteiger partial charge on any atom is 0.407 e. The molecule has 5 rings (SSSR count). The summed E-state index contributed by atoms with van der Waals surface area (Å²) >= 11 is 0. The third kappa shape index (κ3) is 5.01. The van der Waals surface area contributed by atoms with Crippen LogP contribution in [0.1, 0.15) is 29.2 Å². The number of carbonyl (C=O) groups excluding carboxylic acids is 2. The fourth-order valence-corrected chi connectivity index (χ4v) is 4.60. The third-order valence-corrected chi connectivity index (χ3v) is 6.44. The van der Waals surface area contributed by atoms with Gasteiger partial charge in [-0.15, -0.1) is 5.10 Å². The number of nitrogens with one attached hydrogen (secondary N) is 2. The minimum absolute atomic E-state index is 0.000986. The van der Waals surface area contributed by atoms with Gasteiger partial charge >= 0.3 is 12.1 Å². The molecule has 3 aromatic rings. The fourth-order valence-electron chi connectivity index (χ4n) is 4.60. The van der Waals surface area contributed by atoms with Gasteiger partial charge in [-0.05, 0) is 34.6 Å². The molecule has 2 aliphatic carbocycles. The number of aliphatic carboxylic acids is 1. The lowest BCUT2D eigenvalue weighted by Gasteiger charge is -2.14. The molecule has 180 valence electrons. The number of aromatic nitrogens is 3. The number of carbonyl (C=O) groups is 3. The van der Waals surface area contributed by atoms with Crippen LogP contribution in [0.4, 0.5) is 4.79 Å². The maximum absolute atomic E-state index is 12.3. The van der Waals surface area contributed by atoms with Gasteiger partial charge in [0.05, 0.1) is 12.7 Å². The number of carboxylic acid groups (broad SMARTS) is 1. The summed E-state index contributed by atoms with van der Waals surface area (Å²) in [6.07, 6.45) is 1.67. The highest BCUT2D eigenvalue weighted by atomic mass is 16.5. The highest BCUT2D eigenvalue weighted by molar-refractivity contribution is 5.82. The van der Waals surface area contributed by atoms with Crippen LogP contribution in [0.3, 0.4) is 0 Å². The number of amides is 2. The molecular weight excluding hydrogens is 450 g/mol. The van der Waals surface area contributed by atoms with Crippen molar-refractivity contribution in [2.24, 2.45) is 11.8 Å². The predicted molar refractivity (Wildman–Crippen MR) is 124 cm³/mol. The number of hydrogen-bond acceptors (Lipinski definition) is 6. The first kappa shape index (κ1) is 22.6. The summed E-state index contributed by atoms with van der Waals surface area (Å²) in [6, 6.07) is 16.3. The Hall–Kier alpha value is -4.21. The molecule has 10 heteroatoms. The molecule has 2 atom stereocenters. The lowest BCUT2D eigenvalue weighted by molar-refractivity contribution is -0.138. The van der Waals surface area contributed by atoms with Crippen molar-refractivity contribution in [3.8, 4) is 11.1 Å². The van der Waals surface area contributed by atoms with Crippen LogP contribution in [0.25, 0.3) is 11.1 Å². The van der Waals surface area contributed by atoms with Crippen molar-refractivity contribution in [1.29, 1.82) is 0 Å². The zero-order valence-corrected chi connectivity index (χ0v) is 18.9. The van der Waals surface area contributed by atoms with Crippen molar-refractivity contribution in [1.82, 2.24) is 25.6 Å². The smallest absolute Gasteiger partial charge is 0.407 e. The summed E-state index contributed by atoms with van der Waals surface area (Å²) in [6.45, 7) is 0.495. The van der Waals surface area contributed by atoms with Gasteiger partial charge in [-0.2, -0.15) is 0 Å². The van der Waals surface area contributed by atoms with E-state index in [0.29, 0.717) is 18.7 Å². The van der Waals surface area contributed by atoms with Gasteiger partial charge in [-0.3, -0.25) is 9.59 Å². The Bertz CT molecular complexity index is 1230. The van der Waals surface area contributed by atoms with Crippen LogP contribution >= 0.6 is 0 Å². The number of carboxylic acids is 1. The molecule has 35 heavy (non-hydrogen) atoms. The molecule has 1 heterocycles. The fraction of sp³-hybridized carbons (Fsp3) is 0.320. The van der Waals surface area contributed by atoms with E-state index in [-0.39, 0.29) is 43.4 Å². The summed E-state index contributed by atoms with van der Waals surface area (Å²) in [4.78, 5) is 35.4. The van der Waals surface area contributed by atoms with Gasteiger partial charge in [-0.1, -0.05) is 53.7 Å². The molecule has 0 saturated heterocycles. The molecule has 2 amide bonds. The largest absolute Gasteiger partial charge is 0.480 e. The first-order valence-electron chi connectivity index (χ1n) is 11.5. The van der Waals surface area contributed by atoms with E-state index < -0.39 is 12.1 Å². The van der Waals surface area contributed by atoms with E-state index in [1.807, 2.05) is 24.3 Å². The molecule has 2 aromatic carbocycles. The molecule has 1 fully saturated rings. The lowest BCUT2D eigenvalue weighted by atomic mass is 9.98. The summed E-state index contributed by atoms with van der Waals surface area (Å²) in [7, 11) is 0. The molecule has 10 nitrogen and oxygen atoms in total. The van der Waals surface area contributed by atoms with Crippen LogP contribution in [0.5, 0.6) is 0 Å². The van der Waals surface area contributed by atoms with Crippen LogP contribution in [0, 0.1) is 11.8 Å². The van der Waals surface area contributed by atoms with Crippen LogP contribution in [0.15, 0.2) is 54.7 Å². The van der Waals surface area contributed by atoms with Gasteiger partial charge in [0.2, 0.25) is 5.91 Å². The normalized spacial score (nSPS) is 17.8. The quantitative estimate of drug-likeness (QED) is 0.431. The van der Waals surface area contributed by atoms with Crippen molar-refractivity contribution in [3.05, 3.63) is 71.5 Å². The molecule has 0 bridgehead atoms. The minimum Gasteiger partial charge on any atom is -0.480 e. The summed E-state index contributed by atoms with van der Waals surface area (Å²) in [5.41, 5.74) is 5.14. The second-order valence-corrected chi connectivity index (χ2v) is 8.83. The first-order chi connectivity index (χ1) is 17.0. The Morgan fingerprint density at radius 2 is 1.71 bits per heavy atom. The Balaban J connectivity index is 1.05. The molecule has 1 saturated carbocycles. The van der Waals surface area contributed by atoms with Gasteiger partial charge < -0.3 is 20.5 Å². The van der Waals surface area contributed by atoms with Gasteiger partial charge in [0, 0.05) is 18.4 Å². The van der Waals surface area contributed by atoms with Gasteiger partial charge in [0.15, 0.2) is 0 Å². The number of rotatable bonds is 9. The van der Waals surface area contributed by atoms with Crippen LogP contribution in [0.2, 0.25) is 0 Å². The topological polar surface area (TPSA) is 135 Å². The number of alkyl carbamates (subject to hydrolysis) is 1. The second-order valence-electron chi connectivity index (χ2n) is 8.83. The van der Waals surface area contributed by atoms with Crippen molar-refractivity contribution in [2.45, 2.75) is 25.4 Å². The standard InChI is InChI=1S/C25H25N5O5/c31-23(32)13-30-12-16(28-29-30)11-26-24(33)21-9-15(21)10-27-25(34)35-14-22-19-7-3-1-5-17(19)18-6-2-4-8-20(18)22/h1-8,12,15,21-22H,9-11,13-14H2,(H,26,33)(H,27,34)(H,31,32)/t15-,21-/m0/s1. The Morgan fingerprint density at radius 1 is 1.03 bits per heavy atom. The highest BCUT2D eigenvalue weighted by Crippen LogP contribution is 2.44.